The molecule has 2 atom stereocenters. The second-order valence-electron chi connectivity index (χ2n) is 4.90. The average Bonchev–Trinajstić information content (AvgIpc) is 2.71. The monoisotopic (exact) mass is 254 g/mol. The van der Waals surface area contributed by atoms with Gasteiger partial charge in [-0.2, -0.15) is 0 Å². The molecule has 2 unspecified atom stereocenters. The summed E-state index contributed by atoms with van der Waals surface area (Å²) in [6, 6.07) is 6.88. The third-order valence-corrected chi connectivity index (χ3v) is 3.59. The van der Waals surface area contributed by atoms with Crippen molar-refractivity contribution in [3.8, 4) is 0 Å². The summed E-state index contributed by atoms with van der Waals surface area (Å²) in [5.41, 5.74) is 7.27. The van der Waals surface area contributed by atoms with Gasteiger partial charge in [-0.05, 0) is 24.9 Å². The lowest BCUT2D eigenvalue weighted by atomic mass is 9.99. The predicted molar refractivity (Wildman–Crippen MR) is 68.6 cm³/mol. The molecule has 0 amide bonds. The standard InChI is InChI=1S/C14H20F2N2/c1-2-8-18-9-7-12(17)13(18)10-3-5-11(6-4-10)14(15)16/h3-6,12-14H,2,7-9,17H2,1H3. The van der Waals surface area contributed by atoms with Gasteiger partial charge in [-0.25, -0.2) is 8.78 Å². The van der Waals surface area contributed by atoms with Gasteiger partial charge in [0.1, 0.15) is 0 Å². The maximum absolute atomic E-state index is 12.5. The van der Waals surface area contributed by atoms with Gasteiger partial charge < -0.3 is 5.73 Å². The lowest BCUT2D eigenvalue weighted by molar-refractivity contribution is 0.151. The van der Waals surface area contributed by atoms with E-state index >= 15 is 0 Å². The van der Waals surface area contributed by atoms with E-state index in [0.29, 0.717) is 0 Å². The number of benzene rings is 1. The Kier molecular flexibility index (Phi) is 4.30. The van der Waals surface area contributed by atoms with Gasteiger partial charge in [-0.1, -0.05) is 31.2 Å². The lowest BCUT2D eigenvalue weighted by Gasteiger charge is -2.26. The van der Waals surface area contributed by atoms with E-state index in [2.05, 4.69) is 11.8 Å². The molecule has 4 heteroatoms. The van der Waals surface area contributed by atoms with Gasteiger partial charge >= 0.3 is 0 Å². The molecule has 1 fully saturated rings. The molecular formula is C14H20F2N2. The third kappa shape index (κ3) is 2.70. The van der Waals surface area contributed by atoms with Gasteiger partial charge in [0.05, 0.1) is 0 Å². The fourth-order valence-electron chi connectivity index (χ4n) is 2.72. The molecule has 2 N–H and O–H groups in total. The fraction of sp³-hybridized carbons (Fsp3) is 0.571. The van der Waals surface area contributed by atoms with E-state index in [1.54, 1.807) is 12.1 Å². The first-order valence-corrected chi connectivity index (χ1v) is 6.51. The predicted octanol–water partition coefficient (Wildman–Crippen LogP) is 3.11. The van der Waals surface area contributed by atoms with E-state index in [0.717, 1.165) is 31.5 Å². The second kappa shape index (κ2) is 5.76. The van der Waals surface area contributed by atoms with Crippen LogP contribution in [0, 0.1) is 0 Å². The molecule has 2 rings (SSSR count). The number of likely N-dealkylation sites (tertiary alicyclic amines) is 1. The van der Waals surface area contributed by atoms with Crippen LogP contribution in [0.1, 0.15) is 43.4 Å². The summed E-state index contributed by atoms with van der Waals surface area (Å²) in [7, 11) is 0. The van der Waals surface area contributed by atoms with Crippen molar-refractivity contribution in [1.29, 1.82) is 0 Å². The minimum Gasteiger partial charge on any atom is -0.326 e. The van der Waals surface area contributed by atoms with Crippen LogP contribution in [0.2, 0.25) is 0 Å². The Morgan fingerprint density at radius 1 is 1.33 bits per heavy atom. The van der Waals surface area contributed by atoms with Crippen LogP contribution in [-0.4, -0.2) is 24.0 Å². The number of hydrogen-bond acceptors (Lipinski definition) is 2. The van der Waals surface area contributed by atoms with Crippen molar-refractivity contribution >= 4 is 0 Å². The Morgan fingerprint density at radius 3 is 2.56 bits per heavy atom. The fourth-order valence-corrected chi connectivity index (χ4v) is 2.72. The van der Waals surface area contributed by atoms with Gasteiger partial charge in [0.2, 0.25) is 0 Å². The molecule has 2 nitrogen and oxygen atoms in total. The minimum atomic E-state index is -2.40. The average molecular weight is 254 g/mol. The highest BCUT2D eigenvalue weighted by atomic mass is 19.3. The molecule has 1 aromatic carbocycles. The number of alkyl halides is 2. The number of nitrogens with two attached hydrogens (primary N) is 1. The van der Waals surface area contributed by atoms with Gasteiger partial charge in [0, 0.05) is 24.2 Å². The van der Waals surface area contributed by atoms with Crippen molar-refractivity contribution < 1.29 is 8.78 Å². The molecule has 100 valence electrons. The van der Waals surface area contributed by atoms with E-state index in [-0.39, 0.29) is 17.6 Å². The molecule has 0 radical (unpaired) electrons. The first-order chi connectivity index (χ1) is 8.63. The molecule has 1 saturated heterocycles. The van der Waals surface area contributed by atoms with Crippen molar-refractivity contribution in [2.45, 2.75) is 38.3 Å². The number of nitrogens with zero attached hydrogens (tertiary/aromatic N) is 1. The second-order valence-corrected chi connectivity index (χ2v) is 4.90. The van der Waals surface area contributed by atoms with Crippen molar-refractivity contribution in [2.75, 3.05) is 13.1 Å². The van der Waals surface area contributed by atoms with Crippen molar-refractivity contribution in [1.82, 2.24) is 4.90 Å². The quantitative estimate of drug-likeness (QED) is 0.894. The van der Waals surface area contributed by atoms with E-state index in [1.807, 2.05) is 0 Å². The molecule has 0 aliphatic carbocycles. The zero-order chi connectivity index (χ0) is 13.1. The highest BCUT2D eigenvalue weighted by molar-refractivity contribution is 5.27. The van der Waals surface area contributed by atoms with Crippen LogP contribution in [0.3, 0.4) is 0 Å². The Morgan fingerprint density at radius 2 is 2.00 bits per heavy atom. The van der Waals surface area contributed by atoms with Gasteiger partial charge in [0.25, 0.3) is 6.43 Å². The maximum atomic E-state index is 12.5. The summed E-state index contributed by atoms with van der Waals surface area (Å²) in [4.78, 5) is 2.35. The van der Waals surface area contributed by atoms with Crippen molar-refractivity contribution in [2.24, 2.45) is 5.73 Å². The molecular weight excluding hydrogens is 234 g/mol. The molecule has 0 saturated carbocycles. The van der Waals surface area contributed by atoms with Crippen LogP contribution in [0.25, 0.3) is 0 Å². The van der Waals surface area contributed by atoms with Gasteiger partial charge in [-0.3, -0.25) is 4.90 Å². The van der Waals surface area contributed by atoms with Crippen LogP contribution in [0.4, 0.5) is 8.78 Å². The summed E-state index contributed by atoms with van der Waals surface area (Å²) in [6.07, 6.45) is -0.345. The van der Waals surface area contributed by atoms with Crippen LogP contribution in [-0.2, 0) is 0 Å². The molecule has 18 heavy (non-hydrogen) atoms. The summed E-state index contributed by atoms with van der Waals surface area (Å²) in [5, 5.41) is 0. The summed E-state index contributed by atoms with van der Waals surface area (Å²) < 4.78 is 25.0. The van der Waals surface area contributed by atoms with Crippen LogP contribution in [0.5, 0.6) is 0 Å². The topological polar surface area (TPSA) is 29.3 Å². The normalized spacial score (nSPS) is 24.9. The minimum absolute atomic E-state index is 0.0763. The molecule has 0 aromatic heterocycles. The maximum Gasteiger partial charge on any atom is 0.263 e. The number of halogens is 2. The Balaban J connectivity index is 2.18. The third-order valence-electron chi connectivity index (χ3n) is 3.59. The lowest BCUT2D eigenvalue weighted by Crippen LogP contribution is -2.32. The number of rotatable bonds is 4. The SMILES string of the molecule is CCCN1CCC(N)C1c1ccc(C(F)F)cc1. The smallest absolute Gasteiger partial charge is 0.263 e. The highest BCUT2D eigenvalue weighted by Crippen LogP contribution is 2.32. The first-order valence-electron chi connectivity index (χ1n) is 6.51. The Hall–Kier alpha value is -1.00. The zero-order valence-electron chi connectivity index (χ0n) is 10.7. The van der Waals surface area contributed by atoms with E-state index in [4.69, 9.17) is 5.73 Å². The van der Waals surface area contributed by atoms with E-state index in [1.165, 1.54) is 12.1 Å². The molecule has 0 bridgehead atoms. The van der Waals surface area contributed by atoms with Gasteiger partial charge in [-0.15, -0.1) is 0 Å². The van der Waals surface area contributed by atoms with E-state index in [9.17, 15) is 8.78 Å². The van der Waals surface area contributed by atoms with E-state index < -0.39 is 6.43 Å². The van der Waals surface area contributed by atoms with Gasteiger partial charge in [0.15, 0.2) is 0 Å². The Labute approximate surface area is 107 Å². The van der Waals surface area contributed by atoms with Crippen LogP contribution in [0.15, 0.2) is 24.3 Å². The van der Waals surface area contributed by atoms with Crippen molar-refractivity contribution in [3.05, 3.63) is 35.4 Å². The molecule has 0 spiro atoms. The Bertz CT molecular complexity index is 376. The molecule has 1 aromatic rings. The largest absolute Gasteiger partial charge is 0.326 e. The van der Waals surface area contributed by atoms with Crippen LogP contribution >= 0.6 is 0 Å². The molecule has 1 aliphatic heterocycles. The molecule has 1 aliphatic rings. The highest BCUT2D eigenvalue weighted by Gasteiger charge is 2.32. The summed E-state index contributed by atoms with van der Waals surface area (Å²) in [5.74, 6) is 0. The van der Waals surface area contributed by atoms with Crippen molar-refractivity contribution in [3.63, 3.8) is 0 Å². The summed E-state index contributed by atoms with van der Waals surface area (Å²) >= 11 is 0. The zero-order valence-corrected chi connectivity index (χ0v) is 10.7. The molecule has 1 heterocycles. The van der Waals surface area contributed by atoms with Crippen LogP contribution < -0.4 is 5.73 Å². The first kappa shape index (κ1) is 13.4. The summed E-state index contributed by atoms with van der Waals surface area (Å²) in [6.45, 7) is 4.14. The number of hydrogen-bond donors (Lipinski definition) is 1.